The number of hydrogen-bond donors (Lipinski definition) is 1. The van der Waals surface area contributed by atoms with Gasteiger partial charge >= 0.3 is 6.09 Å². The molecule has 11 heteroatoms. The highest BCUT2D eigenvalue weighted by Gasteiger charge is 2.42. The summed E-state index contributed by atoms with van der Waals surface area (Å²) >= 11 is 0. The van der Waals surface area contributed by atoms with Crippen LogP contribution in [0.3, 0.4) is 0 Å². The van der Waals surface area contributed by atoms with Crippen molar-refractivity contribution < 1.29 is 28.7 Å². The summed E-state index contributed by atoms with van der Waals surface area (Å²) in [6.07, 6.45) is 3.55. The Hall–Kier alpha value is -4.77. The molecule has 11 nitrogen and oxygen atoms in total. The lowest BCUT2D eigenvalue weighted by Gasteiger charge is -2.35. The minimum atomic E-state index is -1.17. The second kappa shape index (κ2) is 15.2. The number of carbonyl (C=O) groups excluding carboxylic acids is 4. The third-order valence-corrected chi connectivity index (χ3v) is 8.51. The summed E-state index contributed by atoms with van der Waals surface area (Å²) in [6.45, 7) is 8.26. The number of amides is 4. The van der Waals surface area contributed by atoms with Gasteiger partial charge < -0.3 is 19.7 Å². The summed E-state index contributed by atoms with van der Waals surface area (Å²) in [5.74, 6) is -1.20. The van der Waals surface area contributed by atoms with E-state index in [2.05, 4.69) is 31.1 Å². The third kappa shape index (κ3) is 8.34. The Balaban J connectivity index is 1.46. The maximum Gasteiger partial charge on any atom is 0.410 e. The van der Waals surface area contributed by atoms with Gasteiger partial charge in [-0.05, 0) is 47.6 Å². The maximum absolute atomic E-state index is 14.7. The van der Waals surface area contributed by atoms with Crippen molar-refractivity contribution in [3.05, 3.63) is 95.8 Å². The molecule has 2 aromatic carbocycles. The van der Waals surface area contributed by atoms with E-state index in [1.807, 2.05) is 54.6 Å². The number of benzene rings is 2. The maximum atomic E-state index is 14.7. The largest absolute Gasteiger partial charge is 0.445 e. The quantitative estimate of drug-likeness (QED) is 0.371. The van der Waals surface area contributed by atoms with Crippen molar-refractivity contribution in [2.75, 3.05) is 44.3 Å². The number of ether oxygens (including phenoxy) is 2. The number of nitrogens with zero attached hydrogens (tertiary/aromatic N) is 4. The van der Waals surface area contributed by atoms with Gasteiger partial charge in [-0.15, -0.1) is 0 Å². The fraction of sp³-hybridized carbons (Fsp3) is 0.417. The summed E-state index contributed by atoms with van der Waals surface area (Å²) in [7, 11) is 0. The van der Waals surface area contributed by atoms with Crippen LogP contribution in [0, 0.1) is 0 Å². The van der Waals surface area contributed by atoms with E-state index < -0.39 is 30.0 Å². The van der Waals surface area contributed by atoms with Gasteiger partial charge in [0.1, 0.15) is 18.7 Å². The molecule has 0 bridgehead atoms. The molecule has 1 N–H and O–H groups in total. The van der Waals surface area contributed by atoms with E-state index in [0.717, 1.165) is 11.1 Å². The highest BCUT2D eigenvalue weighted by molar-refractivity contribution is 6.05. The lowest BCUT2D eigenvalue weighted by Crippen LogP contribution is -2.53. The zero-order valence-corrected chi connectivity index (χ0v) is 27.3. The smallest absolute Gasteiger partial charge is 0.410 e. The van der Waals surface area contributed by atoms with Gasteiger partial charge in [-0.1, -0.05) is 69.3 Å². The molecule has 2 aliphatic heterocycles. The first-order valence-electron chi connectivity index (χ1n) is 16.1. The predicted molar refractivity (Wildman–Crippen MR) is 176 cm³/mol. The standard InChI is InChI=1S/C36H43N5O6/c1-36(2,3)28-13-15-29(16-14-28)41(34(44)30-12-8-18-40(30)35(45)47-25-26-9-5-4-6-10-26)32(27-11-7-17-37-23-27)33(43)38-24-31(42)39-19-21-46-22-20-39/h4-7,9-11,13-17,23,30,32H,8,12,18-22,24-25H2,1-3H3,(H,38,43)/t30-,32?/m1/s1. The van der Waals surface area contributed by atoms with Crippen molar-refractivity contribution in [3.63, 3.8) is 0 Å². The van der Waals surface area contributed by atoms with Gasteiger partial charge in [0, 0.05) is 43.3 Å². The van der Waals surface area contributed by atoms with Crippen LogP contribution >= 0.6 is 0 Å². The van der Waals surface area contributed by atoms with Gasteiger partial charge in [0.2, 0.25) is 11.8 Å². The first kappa shape index (κ1) is 33.6. The fourth-order valence-electron chi connectivity index (χ4n) is 5.87. The molecular weight excluding hydrogens is 598 g/mol. The van der Waals surface area contributed by atoms with Crippen molar-refractivity contribution in [3.8, 4) is 0 Å². The number of nitrogens with one attached hydrogen (secondary N) is 1. The van der Waals surface area contributed by atoms with E-state index in [9.17, 15) is 19.2 Å². The number of morpholine rings is 1. The van der Waals surface area contributed by atoms with Crippen molar-refractivity contribution >= 4 is 29.5 Å². The lowest BCUT2D eigenvalue weighted by atomic mass is 9.87. The van der Waals surface area contributed by atoms with Gasteiger partial charge in [-0.25, -0.2) is 4.79 Å². The number of likely N-dealkylation sites (tertiary alicyclic amines) is 1. The van der Waals surface area contributed by atoms with Gasteiger partial charge in [-0.2, -0.15) is 0 Å². The molecule has 47 heavy (non-hydrogen) atoms. The zero-order chi connectivity index (χ0) is 33.4. The lowest BCUT2D eigenvalue weighted by molar-refractivity contribution is -0.136. The van der Waals surface area contributed by atoms with E-state index in [0.29, 0.717) is 56.9 Å². The molecule has 248 valence electrons. The SMILES string of the molecule is CC(C)(C)c1ccc(N(C(=O)[C@H]2CCCN2C(=O)OCc2ccccc2)C(C(=O)NCC(=O)N2CCOCC2)c2cccnc2)cc1. The van der Waals surface area contributed by atoms with Crippen LogP contribution in [0.15, 0.2) is 79.1 Å². The monoisotopic (exact) mass is 641 g/mol. The summed E-state index contributed by atoms with van der Waals surface area (Å²) in [4.78, 5) is 63.9. The van der Waals surface area contributed by atoms with Crippen LogP contribution in [0.2, 0.25) is 0 Å². The summed E-state index contributed by atoms with van der Waals surface area (Å²) in [6, 6.07) is 18.3. The predicted octanol–water partition coefficient (Wildman–Crippen LogP) is 4.23. The topological polar surface area (TPSA) is 121 Å². The number of pyridine rings is 1. The Morgan fingerprint density at radius 3 is 2.36 bits per heavy atom. The Morgan fingerprint density at radius 2 is 1.70 bits per heavy atom. The van der Waals surface area contributed by atoms with Crippen molar-refractivity contribution in [1.82, 2.24) is 20.1 Å². The number of hydrogen-bond acceptors (Lipinski definition) is 7. The Labute approximate surface area is 275 Å². The van der Waals surface area contributed by atoms with Crippen LogP contribution in [0.25, 0.3) is 0 Å². The van der Waals surface area contributed by atoms with Crippen molar-refractivity contribution in [2.45, 2.75) is 57.7 Å². The molecule has 2 aliphatic rings. The molecule has 0 aliphatic carbocycles. The first-order chi connectivity index (χ1) is 22.6. The van der Waals surface area contributed by atoms with Crippen LogP contribution in [-0.4, -0.2) is 84.0 Å². The molecule has 0 radical (unpaired) electrons. The Morgan fingerprint density at radius 1 is 0.979 bits per heavy atom. The summed E-state index contributed by atoms with van der Waals surface area (Å²) in [5.41, 5.74) is 2.70. The molecule has 0 saturated carbocycles. The molecule has 0 spiro atoms. The average molecular weight is 642 g/mol. The van der Waals surface area contributed by atoms with Crippen molar-refractivity contribution in [2.24, 2.45) is 0 Å². The highest BCUT2D eigenvalue weighted by atomic mass is 16.6. The van der Waals surface area contributed by atoms with Crippen LogP contribution in [0.4, 0.5) is 10.5 Å². The Kier molecular flexibility index (Phi) is 10.9. The molecule has 2 atom stereocenters. The van der Waals surface area contributed by atoms with Gasteiger partial charge in [0.05, 0.1) is 19.8 Å². The number of rotatable bonds is 9. The van der Waals surface area contributed by atoms with Gasteiger partial charge in [0.15, 0.2) is 0 Å². The minimum absolute atomic E-state index is 0.0763. The highest BCUT2D eigenvalue weighted by Crippen LogP contribution is 2.33. The van der Waals surface area contributed by atoms with E-state index in [4.69, 9.17) is 9.47 Å². The molecule has 3 aromatic rings. The van der Waals surface area contributed by atoms with E-state index in [-0.39, 0.29) is 24.5 Å². The molecule has 4 amide bonds. The van der Waals surface area contributed by atoms with Crippen LogP contribution in [-0.2, 0) is 35.9 Å². The third-order valence-electron chi connectivity index (χ3n) is 8.51. The summed E-state index contributed by atoms with van der Waals surface area (Å²) < 4.78 is 11.0. The molecule has 5 rings (SSSR count). The molecule has 2 fully saturated rings. The normalized spacial score (nSPS) is 17.1. The second-order valence-corrected chi connectivity index (χ2v) is 12.8. The fourth-order valence-corrected chi connectivity index (χ4v) is 5.87. The molecule has 3 heterocycles. The molecule has 2 saturated heterocycles. The summed E-state index contributed by atoms with van der Waals surface area (Å²) in [5, 5.41) is 2.78. The van der Waals surface area contributed by atoms with Crippen LogP contribution in [0.5, 0.6) is 0 Å². The molecule has 1 aromatic heterocycles. The van der Waals surface area contributed by atoms with Crippen molar-refractivity contribution in [1.29, 1.82) is 0 Å². The minimum Gasteiger partial charge on any atom is -0.445 e. The van der Waals surface area contributed by atoms with E-state index >= 15 is 0 Å². The zero-order valence-electron chi connectivity index (χ0n) is 27.3. The molecular formula is C36H43N5O6. The van der Waals surface area contributed by atoms with E-state index in [1.165, 1.54) is 9.80 Å². The van der Waals surface area contributed by atoms with Gasteiger partial charge in [-0.3, -0.25) is 29.2 Å². The van der Waals surface area contributed by atoms with E-state index in [1.54, 1.807) is 29.4 Å². The van der Waals surface area contributed by atoms with Crippen LogP contribution < -0.4 is 10.2 Å². The number of anilines is 1. The number of aromatic nitrogens is 1. The average Bonchev–Trinajstić information content (AvgIpc) is 3.59. The molecule has 1 unspecified atom stereocenters. The second-order valence-electron chi connectivity index (χ2n) is 12.8. The first-order valence-corrected chi connectivity index (χ1v) is 16.1. The number of carbonyl (C=O) groups is 4. The van der Waals surface area contributed by atoms with Crippen LogP contribution in [0.1, 0.15) is 56.3 Å². The van der Waals surface area contributed by atoms with Gasteiger partial charge in [0.25, 0.3) is 5.91 Å². The Bertz CT molecular complexity index is 1520.